The Morgan fingerprint density at radius 2 is 2.11 bits per heavy atom. The zero-order valence-electron chi connectivity index (χ0n) is 10.7. The summed E-state index contributed by atoms with van der Waals surface area (Å²) in [5.74, 6) is -1.76. The van der Waals surface area contributed by atoms with Gasteiger partial charge in [-0.1, -0.05) is 11.6 Å². The minimum absolute atomic E-state index is 0.0544. The van der Waals surface area contributed by atoms with E-state index in [9.17, 15) is 14.9 Å². The van der Waals surface area contributed by atoms with Crippen LogP contribution in [0, 0.1) is 28.4 Å². The van der Waals surface area contributed by atoms with Crippen LogP contribution in [0.15, 0.2) is 12.1 Å². The summed E-state index contributed by atoms with van der Waals surface area (Å²) in [6.07, 6.45) is 0. The summed E-state index contributed by atoms with van der Waals surface area (Å²) in [6, 6.07) is 4.40. The van der Waals surface area contributed by atoms with Gasteiger partial charge in [0, 0.05) is 25.2 Å². The minimum Gasteiger partial charge on any atom is -0.347 e. The van der Waals surface area contributed by atoms with Crippen molar-refractivity contribution in [3.63, 3.8) is 0 Å². The molecule has 19 heavy (non-hydrogen) atoms. The molecule has 0 bridgehead atoms. The zero-order valence-corrected chi connectivity index (χ0v) is 11.4. The summed E-state index contributed by atoms with van der Waals surface area (Å²) < 4.78 is 0. The third-order valence-electron chi connectivity index (χ3n) is 2.73. The van der Waals surface area contributed by atoms with E-state index in [1.165, 1.54) is 31.1 Å². The van der Waals surface area contributed by atoms with Crippen LogP contribution in [-0.4, -0.2) is 29.8 Å². The van der Waals surface area contributed by atoms with Crippen molar-refractivity contribution in [2.45, 2.75) is 12.8 Å². The molecule has 0 radical (unpaired) electrons. The first-order valence-corrected chi connectivity index (χ1v) is 5.73. The second kappa shape index (κ2) is 5.67. The van der Waals surface area contributed by atoms with Gasteiger partial charge in [-0.3, -0.25) is 14.9 Å². The molecule has 1 unspecified atom stereocenters. The Labute approximate surface area is 115 Å². The van der Waals surface area contributed by atoms with Gasteiger partial charge in [0.1, 0.15) is 0 Å². The Kier molecular flexibility index (Phi) is 4.46. The van der Waals surface area contributed by atoms with E-state index in [2.05, 4.69) is 0 Å². The first-order chi connectivity index (χ1) is 8.81. The van der Waals surface area contributed by atoms with Crippen LogP contribution < -0.4 is 0 Å². The Hall–Kier alpha value is -2.13. The van der Waals surface area contributed by atoms with E-state index in [1.54, 1.807) is 6.92 Å². The molecule has 0 aliphatic heterocycles. The highest BCUT2D eigenvalue weighted by molar-refractivity contribution is 6.31. The molecule has 0 saturated carbocycles. The van der Waals surface area contributed by atoms with E-state index in [0.29, 0.717) is 5.56 Å². The molecule has 0 aliphatic rings. The molecule has 0 spiro atoms. The number of likely N-dealkylation sites (N-methyl/N-ethyl adjacent to an activating group) is 1. The molecular weight excluding hydrogens is 270 g/mol. The first-order valence-electron chi connectivity index (χ1n) is 5.35. The number of nitro benzene ring substituents is 1. The topological polar surface area (TPSA) is 87.2 Å². The minimum atomic E-state index is -1.24. The predicted molar refractivity (Wildman–Crippen MR) is 69.9 cm³/mol. The van der Waals surface area contributed by atoms with E-state index >= 15 is 0 Å². The number of rotatable bonds is 3. The molecule has 1 aromatic carbocycles. The number of carbonyl (C=O) groups is 1. The largest absolute Gasteiger partial charge is 0.347 e. The molecule has 0 heterocycles. The molecule has 7 heteroatoms. The van der Waals surface area contributed by atoms with Gasteiger partial charge in [0.2, 0.25) is 5.91 Å². The van der Waals surface area contributed by atoms with Crippen molar-refractivity contribution in [1.29, 1.82) is 5.26 Å². The number of nitrogens with zero attached hydrogens (tertiary/aromatic N) is 3. The highest BCUT2D eigenvalue weighted by atomic mass is 35.5. The van der Waals surface area contributed by atoms with Gasteiger partial charge in [0.05, 0.1) is 16.6 Å². The molecule has 1 rings (SSSR count). The molecule has 0 N–H and O–H groups in total. The van der Waals surface area contributed by atoms with E-state index < -0.39 is 16.7 Å². The molecule has 0 aliphatic carbocycles. The van der Waals surface area contributed by atoms with Gasteiger partial charge in [-0.25, -0.2) is 0 Å². The molecule has 100 valence electrons. The molecule has 0 fully saturated rings. The summed E-state index contributed by atoms with van der Waals surface area (Å²) >= 11 is 5.92. The second-order valence-corrected chi connectivity index (χ2v) is 4.56. The van der Waals surface area contributed by atoms with Crippen LogP contribution in [0.4, 0.5) is 5.69 Å². The molecule has 1 atom stereocenters. The molecule has 0 saturated heterocycles. The van der Waals surface area contributed by atoms with Crippen LogP contribution in [0.25, 0.3) is 0 Å². The van der Waals surface area contributed by atoms with Crippen molar-refractivity contribution in [3.05, 3.63) is 38.4 Å². The van der Waals surface area contributed by atoms with E-state index in [4.69, 9.17) is 16.9 Å². The number of hydrogen-bond acceptors (Lipinski definition) is 4. The number of halogens is 1. The van der Waals surface area contributed by atoms with Gasteiger partial charge in [0.15, 0.2) is 5.92 Å². The normalized spacial score (nSPS) is 11.5. The van der Waals surface area contributed by atoms with E-state index in [1.807, 2.05) is 6.07 Å². The van der Waals surface area contributed by atoms with Crippen molar-refractivity contribution in [1.82, 2.24) is 4.90 Å². The fourth-order valence-corrected chi connectivity index (χ4v) is 1.88. The monoisotopic (exact) mass is 281 g/mol. The van der Waals surface area contributed by atoms with Crippen molar-refractivity contribution in [2.75, 3.05) is 14.1 Å². The Balaban J connectivity index is 3.55. The van der Waals surface area contributed by atoms with Crippen molar-refractivity contribution >= 4 is 23.2 Å². The Morgan fingerprint density at radius 1 is 1.53 bits per heavy atom. The molecule has 1 amide bonds. The Morgan fingerprint density at radius 3 is 2.53 bits per heavy atom. The maximum absolute atomic E-state index is 12.0. The van der Waals surface area contributed by atoms with Crippen LogP contribution in [0.2, 0.25) is 5.02 Å². The fourth-order valence-electron chi connectivity index (χ4n) is 1.71. The second-order valence-electron chi connectivity index (χ2n) is 4.16. The smallest absolute Gasteiger partial charge is 0.274 e. The number of benzene rings is 1. The summed E-state index contributed by atoms with van der Waals surface area (Å²) in [4.78, 5) is 23.6. The standard InChI is InChI=1S/C12H12ClN3O3/c1-7-9(13)4-5-10(16(18)19)11(7)8(6-14)12(17)15(2)3/h4-5,8H,1-3H3. The van der Waals surface area contributed by atoms with Crippen LogP contribution in [0.3, 0.4) is 0 Å². The van der Waals surface area contributed by atoms with Crippen molar-refractivity contribution < 1.29 is 9.72 Å². The molecular formula is C12H12ClN3O3. The average Bonchev–Trinajstić information content (AvgIpc) is 2.34. The van der Waals surface area contributed by atoms with Gasteiger partial charge in [-0.15, -0.1) is 0 Å². The lowest BCUT2D eigenvalue weighted by Crippen LogP contribution is -2.28. The average molecular weight is 282 g/mol. The van der Waals surface area contributed by atoms with Crippen LogP contribution in [-0.2, 0) is 4.79 Å². The van der Waals surface area contributed by atoms with Crippen molar-refractivity contribution in [3.8, 4) is 6.07 Å². The highest BCUT2D eigenvalue weighted by Gasteiger charge is 2.31. The maximum atomic E-state index is 12.0. The quantitative estimate of drug-likeness (QED) is 0.628. The van der Waals surface area contributed by atoms with Gasteiger partial charge >= 0.3 is 0 Å². The van der Waals surface area contributed by atoms with Gasteiger partial charge in [-0.05, 0) is 18.6 Å². The van der Waals surface area contributed by atoms with Gasteiger partial charge in [-0.2, -0.15) is 5.26 Å². The lowest BCUT2D eigenvalue weighted by molar-refractivity contribution is -0.385. The van der Waals surface area contributed by atoms with Crippen LogP contribution in [0.1, 0.15) is 17.0 Å². The Bertz CT molecular complexity index is 578. The van der Waals surface area contributed by atoms with Crippen LogP contribution >= 0.6 is 11.6 Å². The maximum Gasteiger partial charge on any atom is 0.274 e. The number of hydrogen-bond donors (Lipinski definition) is 0. The summed E-state index contributed by atoms with van der Waals surface area (Å²) in [5.41, 5.74) is 0.153. The fraction of sp³-hybridized carbons (Fsp3) is 0.333. The SMILES string of the molecule is Cc1c(Cl)ccc([N+](=O)[O-])c1C(C#N)C(=O)N(C)C. The number of nitro groups is 1. The lowest BCUT2D eigenvalue weighted by Gasteiger charge is -2.17. The number of carbonyl (C=O) groups excluding carboxylic acids is 1. The third kappa shape index (κ3) is 2.83. The summed E-state index contributed by atoms with van der Waals surface area (Å²) in [6.45, 7) is 1.55. The molecule has 1 aromatic rings. The number of amides is 1. The highest BCUT2D eigenvalue weighted by Crippen LogP contribution is 2.34. The molecule has 0 aromatic heterocycles. The first kappa shape index (κ1) is 14.9. The predicted octanol–water partition coefficient (Wildman–Crippen LogP) is 2.25. The summed E-state index contributed by atoms with van der Waals surface area (Å²) in [7, 11) is 2.97. The lowest BCUT2D eigenvalue weighted by atomic mass is 9.93. The van der Waals surface area contributed by atoms with E-state index in [-0.39, 0.29) is 16.3 Å². The van der Waals surface area contributed by atoms with Gasteiger partial charge in [0.25, 0.3) is 5.69 Å². The summed E-state index contributed by atoms with van der Waals surface area (Å²) in [5, 5.41) is 20.5. The number of nitriles is 1. The third-order valence-corrected chi connectivity index (χ3v) is 3.14. The van der Waals surface area contributed by atoms with Crippen LogP contribution in [0.5, 0.6) is 0 Å². The zero-order chi connectivity index (χ0) is 14.7. The van der Waals surface area contributed by atoms with Crippen molar-refractivity contribution in [2.24, 2.45) is 0 Å². The van der Waals surface area contributed by atoms with Gasteiger partial charge < -0.3 is 4.90 Å². The molecule has 6 nitrogen and oxygen atoms in total. The van der Waals surface area contributed by atoms with E-state index in [0.717, 1.165) is 0 Å².